The Hall–Kier alpha value is -3.15. The highest BCUT2D eigenvalue weighted by molar-refractivity contribution is 5.94. The number of aryl methyl sites for hydroxylation is 1. The van der Waals surface area contributed by atoms with E-state index in [1.54, 1.807) is 24.3 Å². The first-order valence-corrected chi connectivity index (χ1v) is 8.95. The van der Waals surface area contributed by atoms with Crippen LogP contribution in [0.25, 0.3) is 11.0 Å². The third-order valence-corrected chi connectivity index (χ3v) is 4.40. The zero-order chi connectivity index (χ0) is 19.2. The van der Waals surface area contributed by atoms with Crippen molar-refractivity contribution in [1.29, 1.82) is 0 Å². The molecule has 6 heteroatoms. The summed E-state index contributed by atoms with van der Waals surface area (Å²) in [6.45, 7) is 2.37. The van der Waals surface area contributed by atoms with Crippen LogP contribution in [0.1, 0.15) is 35.9 Å². The van der Waals surface area contributed by atoms with Crippen LogP contribution in [0.15, 0.2) is 48.5 Å². The number of Topliss-reactive ketones (excluding diaryl/α,β-unsaturated/α-hetero) is 1. The Kier molecular flexibility index (Phi) is 5.86. The molecule has 27 heavy (non-hydrogen) atoms. The fourth-order valence-corrected chi connectivity index (χ4v) is 2.83. The maximum Gasteiger partial charge on any atom is 0.220 e. The highest BCUT2D eigenvalue weighted by Gasteiger charge is 2.08. The minimum Gasteiger partial charge on any atom is -0.494 e. The van der Waals surface area contributed by atoms with Crippen LogP contribution in [0.5, 0.6) is 5.75 Å². The Labute approximate surface area is 158 Å². The topological polar surface area (TPSA) is 73.2 Å². The number of hydrogen-bond acceptors (Lipinski definition) is 4. The molecule has 0 aliphatic heterocycles. The summed E-state index contributed by atoms with van der Waals surface area (Å²) in [7, 11) is 1.95. The lowest BCUT2D eigenvalue weighted by molar-refractivity contribution is -0.121. The molecule has 140 valence electrons. The molecule has 0 aliphatic carbocycles. The number of benzene rings is 2. The van der Waals surface area contributed by atoms with Gasteiger partial charge in [-0.1, -0.05) is 12.1 Å². The molecule has 0 spiro atoms. The lowest BCUT2D eigenvalue weighted by atomic mass is 10.1. The molecule has 2 aromatic carbocycles. The molecule has 3 aromatic rings. The summed E-state index contributed by atoms with van der Waals surface area (Å²) in [6, 6.07) is 14.9. The number of imidazole rings is 1. The zero-order valence-corrected chi connectivity index (χ0v) is 15.6. The quantitative estimate of drug-likeness (QED) is 0.491. The number of rotatable bonds is 8. The van der Waals surface area contributed by atoms with E-state index >= 15 is 0 Å². The summed E-state index contributed by atoms with van der Waals surface area (Å²) in [4.78, 5) is 27.8. The molecule has 0 saturated heterocycles. The molecule has 0 radical (unpaired) electrons. The zero-order valence-electron chi connectivity index (χ0n) is 15.6. The van der Waals surface area contributed by atoms with E-state index in [0.717, 1.165) is 16.9 Å². The smallest absolute Gasteiger partial charge is 0.220 e. The standard InChI is InChI=1S/C21H23N3O3/c1-15(25)16-9-11-17(12-10-16)27-13-5-8-21(26)22-14-20-23-18-6-3-4-7-19(18)24(20)2/h3-4,6-7,9-12H,5,8,13-14H2,1-2H3,(H,22,26). The number of hydrogen-bond donors (Lipinski definition) is 1. The van der Waals surface area contributed by atoms with E-state index in [1.807, 2.05) is 35.9 Å². The third kappa shape index (κ3) is 4.73. The molecular formula is C21H23N3O3. The largest absolute Gasteiger partial charge is 0.494 e. The van der Waals surface area contributed by atoms with E-state index in [2.05, 4.69) is 10.3 Å². The van der Waals surface area contributed by atoms with Crippen molar-refractivity contribution in [3.63, 3.8) is 0 Å². The van der Waals surface area contributed by atoms with Crippen molar-refractivity contribution in [1.82, 2.24) is 14.9 Å². The number of para-hydroxylation sites is 2. The van der Waals surface area contributed by atoms with Crippen LogP contribution in [-0.2, 0) is 18.4 Å². The van der Waals surface area contributed by atoms with Gasteiger partial charge < -0.3 is 14.6 Å². The summed E-state index contributed by atoms with van der Waals surface area (Å²) in [5.74, 6) is 1.52. The van der Waals surface area contributed by atoms with Crippen molar-refractivity contribution in [2.24, 2.45) is 7.05 Å². The summed E-state index contributed by atoms with van der Waals surface area (Å²) < 4.78 is 7.59. The molecule has 3 rings (SSSR count). The predicted molar refractivity (Wildman–Crippen MR) is 104 cm³/mol. The third-order valence-electron chi connectivity index (χ3n) is 4.40. The molecule has 0 atom stereocenters. The fourth-order valence-electron chi connectivity index (χ4n) is 2.83. The number of amides is 1. The van der Waals surface area contributed by atoms with Crippen molar-refractivity contribution >= 4 is 22.7 Å². The maximum absolute atomic E-state index is 12.0. The van der Waals surface area contributed by atoms with Crippen molar-refractivity contribution in [3.8, 4) is 5.75 Å². The Morgan fingerprint density at radius 3 is 2.56 bits per heavy atom. The van der Waals surface area contributed by atoms with Crippen LogP contribution in [0.4, 0.5) is 0 Å². The minimum atomic E-state index is -0.0300. The highest BCUT2D eigenvalue weighted by Crippen LogP contribution is 2.14. The Morgan fingerprint density at radius 1 is 1.11 bits per heavy atom. The van der Waals surface area contributed by atoms with Crippen molar-refractivity contribution in [2.75, 3.05) is 6.61 Å². The minimum absolute atomic E-state index is 0.0267. The maximum atomic E-state index is 12.0. The molecule has 1 N–H and O–H groups in total. The van der Waals surface area contributed by atoms with Gasteiger partial charge in [0.15, 0.2) is 5.78 Å². The molecule has 0 saturated carbocycles. The van der Waals surface area contributed by atoms with Gasteiger partial charge in [0.2, 0.25) is 5.91 Å². The van der Waals surface area contributed by atoms with Gasteiger partial charge in [0.05, 0.1) is 24.2 Å². The van der Waals surface area contributed by atoms with E-state index in [4.69, 9.17) is 4.74 Å². The van der Waals surface area contributed by atoms with Crippen molar-refractivity contribution < 1.29 is 14.3 Å². The number of nitrogens with one attached hydrogen (secondary N) is 1. The van der Waals surface area contributed by atoms with Gasteiger partial charge in [-0.15, -0.1) is 0 Å². The normalized spacial score (nSPS) is 10.7. The van der Waals surface area contributed by atoms with Gasteiger partial charge in [-0.2, -0.15) is 0 Å². The second-order valence-corrected chi connectivity index (χ2v) is 6.39. The lowest BCUT2D eigenvalue weighted by Gasteiger charge is -2.08. The number of ether oxygens (including phenoxy) is 1. The Bertz CT molecular complexity index is 945. The van der Waals surface area contributed by atoms with Gasteiger partial charge >= 0.3 is 0 Å². The number of carbonyl (C=O) groups is 2. The number of nitrogens with zero attached hydrogens (tertiary/aromatic N) is 2. The van der Waals surface area contributed by atoms with Crippen LogP contribution in [0.2, 0.25) is 0 Å². The van der Waals surface area contributed by atoms with Gasteiger partial charge in [0, 0.05) is 19.0 Å². The van der Waals surface area contributed by atoms with E-state index in [1.165, 1.54) is 6.92 Å². The van der Waals surface area contributed by atoms with Gasteiger partial charge in [-0.05, 0) is 49.7 Å². The van der Waals surface area contributed by atoms with Crippen LogP contribution >= 0.6 is 0 Å². The predicted octanol–water partition coefficient (Wildman–Crippen LogP) is 3.25. The summed E-state index contributed by atoms with van der Waals surface area (Å²) in [6.07, 6.45) is 0.998. The average molecular weight is 365 g/mol. The molecule has 1 heterocycles. The van der Waals surface area contributed by atoms with Crippen LogP contribution in [-0.4, -0.2) is 27.8 Å². The molecule has 0 bridgehead atoms. The molecule has 0 fully saturated rings. The van der Waals surface area contributed by atoms with Gasteiger partial charge in [0.25, 0.3) is 0 Å². The lowest BCUT2D eigenvalue weighted by Crippen LogP contribution is -2.24. The van der Waals surface area contributed by atoms with Crippen LogP contribution < -0.4 is 10.1 Å². The fraction of sp³-hybridized carbons (Fsp3) is 0.286. The molecule has 0 aliphatic rings. The second-order valence-electron chi connectivity index (χ2n) is 6.39. The summed E-state index contributed by atoms with van der Waals surface area (Å²) in [5.41, 5.74) is 2.63. The Balaban J connectivity index is 1.40. The molecule has 0 unspecified atom stereocenters. The van der Waals surface area contributed by atoms with E-state index in [9.17, 15) is 9.59 Å². The molecule has 6 nitrogen and oxygen atoms in total. The van der Waals surface area contributed by atoms with Crippen LogP contribution in [0, 0.1) is 0 Å². The van der Waals surface area contributed by atoms with Crippen LogP contribution in [0.3, 0.4) is 0 Å². The van der Waals surface area contributed by atoms with E-state index < -0.39 is 0 Å². The molecular weight excluding hydrogens is 342 g/mol. The first-order chi connectivity index (χ1) is 13.0. The number of ketones is 1. The summed E-state index contributed by atoms with van der Waals surface area (Å²) >= 11 is 0. The average Bonchev–Trinajstić information content (AvgIpc) is 3.00. The van der Waals surface area contributed by atoms with Gasteiger partial charge in [-0.3, -0.25) is 9.59 Å². The highest BCUT2D eigenvalue weighted by atomic mass is 16.5. The first-order valence-electron chi connectivity index (χ1n) is 8.95. The first kappa shape index (κ1) is 18.6. The SMILES string of the molecule is CC(=O)c1ccc(OCCCC(=O)NCc2nc3ccccc3n2C)cc1. The molecule has 1 amide bonds. The number of carbonyl (C=O) groups excluding carboxylic acids is 2. The van der Waals surface area contributed by atoms with Gasteiger partial charge in [0.1, 0.15) is 11.6 Å². The van der Waals surface area contributed by atoms with Gasteiger partial charge in [-0.25, -0.2) is 4.98 Å². The number of aromatic nitrogens is 2. The second kappa shape index (κ2) is 8.49. The number of fused-ring (bicyclic) bond motifs is 1. The van der Waals surface area contributed by atoms with Crippen molar-refractivity contribution in [3.05, 3.63) is 59.9 Å². The molecule has 1 aromatic heterocycles. The monoisotopic (exact) mass is 365 g/mol. The van der Waals surface area contributed by atoms with Crippen molar-refractivity contribution in [2.45, 2.75) is 26.3 Å². The Morgan fingerprint density at radius 2 is 1.85 bits per heavy atom. The van der Waals surface area contributed by atoms with E-state index in [-0.39, 0.29) is 11.7 Å². The van der Waals surface area contributed by atoms with E-state index in [0.29, 0.717) is 37.3 Å². The summed E-state index contributed by atoms with van der Waals surface area (Å²) in [5, 5.41) is 2.90.